The van der Waals surface area contributed by atoms with Crippen LogP contribution in [0.2, 0.25) is 5.02 Å². The van der Waals surface area contributed by atoms with Crippen LogP contribution < -0.4 is 5.32 Å². The number of benzene rings is 2. The van der Waals surface area contributed by atoms with E-state index in [0.29, 0.717) is 16.0 Å². The third kappa shape index (κ3) is 4.64. The van der Waals surface area contributed by atoms with Crippen LogP contribution in [0.3, 0.4) is 0 Å². The smallest absolute Gasteiger partial charge is 0.253 e. The van der Waals surface area contributed by atoms with Crippen molar-refractivity contribution < 1.29 is 4.79 Å². The average Bonchev–Trinajstić information content (AvgIpc) is 3.13. The van der Waals surface area contributed by atoms with Gasteiger partial charge in [0.1, 0.15) is 0 Å². The molecule has 4 aromatic rings. The van der Waals surface area contributed by atoms with Gasteiger partial charge in [-0.2, -0.15) is 4.98 Å². The highest BCUT2D eigenvalue weighted by Crippen LogP contribution is 2.34. The van der Waals surface area contributed by atoms with Crippen molar-refractivity contribution in [3.8, 4) is 0 Å². The zero-order valence-corrected chi connectivity index (χ0v) is 16.8. The minimum absolute atomic E-state index is 0.124. The fourth-order valence-electron chi connectivity index (χ4n) is 2.38. The van der Waals surface area contributed by atoms with Gasteiger partial charge in [0, 0.05) is 27.2 Å². The van der Waals surface area contributed by atoms with E-state index in [1.54, 1.807) is 34.7 Å². The van der Waals surface area contributed by atoms with E-state index in [9.17, 15) is 4.79 Å². The molecule has 4 rings (SSSR count). The summed E-state index contributed by atoms with van der Waals surface area (Å²) in [5.41, 5.74) is 0.762. The molecule has 0 fully saturated rings. The molecule has 0 radical (unpaired) electrons. The monoisotopic (exact) mass is 427 g/mol. The van der Waals surface area contributed by atoms with Crippen LogP contribution in [0.15, 0.2) is 81.9 Å². The SMILES string of the molecule is O=C(CSc1nc2ncccn2n1)Nc1ccccc1Sc1ccc(Cl)cc1. The Morgan fingerprint density at radius 3 is 2.75 bits per heavy atom. The second-order valence-corrected chi connectivity index (χ2v) is 8.14. The number of rotatable bonds is 6. The first kappa shape index (κ1) is 18.8. The molecule has 0 atom stereocenters. The van der Waals surface area contributed by atoms with Crippen molar-refractivity contribution >= 4 is 52.5 Å². The van der Waals surface area contributed by atoms with Crippen molar-refractivity contribution in [2.24, 2.45) is 0 Å². The second kappa shape index (κ2) is 8.64. The fraction of sp³-hybridized carbons (Fsp3) is 0.0526. The molecule has 0 saturated heterocycles. The maximum Gasteiger partial charge on any atom is 0.253 e. The number of amides is 1. The van der Waals surface area contributed by atoms with Crippen LogP contribution in [-0.4, -0.2) is 31.2 Å². The number of hydrogen-bond donors (Lipinski definition) is 1. The number of anilines is 1. The summed E-state index contributed by atoms with van der Waals surface area (Å²) in [4.78, 5) is 22.8. The van der Waals surface area contributed by atoms with E-state index in [2.05, 4.69) is 20.4 Å². The Hall–Kier alpha value is -2.55. The molecular weight excluding hydrogens is 414 g/mol. The number of fused-ring (bicyclic) bond motifs is 1. The summed E-state index contributed by atoms with van der Waals surface area (Å²) >= 11 is 8.78. The average molecular weight is 428 g/mol. The van der Waals surface area contributed by atoms with Gasteiger partial charge in [-0.05, 0) is 42.5 Å². The predicted molar refractivity (Wildman–Crippen MR) is 112 cm³/mol. The first-order valence-electron chi connectivity index (χ1n) is 8.30. The highest BCUT2D eigenvalue weighted by atomic mass is 35.5. The van der Waals surface area contributed by atoms with Gasteiger partial charge in [-0.15, -0.1) is 5.10 Å². The van der Waals surface area contributed by atoms with E-state index in [4.69, 9.17) is 11.6 Å². The van der Waals surface area contributed by atoms with Crippen LogP contribution in [-0.2, 0) is 4.79 Å². The molecule has 0 bridgehead atoms. The second-order valence-electron chi connectivity index (χ2n) is 5.65. The Labute approximate surface area is 174 Å². The third-order valence-electron chi connectivity index (χ3n) is 3.63. The molecule has 0 unspecified atom stereocenters. The van der Waals surface area contributed by atoms with E-state index in [1.807, 2.05) is 48.5 Å². The lowest BCUT2D eigenvalue weighted by molar-refractivity contribution is -0.113. The van der Waals surface area contributed by atoms with Gasteiger partial charge in [0.15, 0.2) is 0 Å². The fourth-order valence-corrected chi connectivity index (χ4v) is 4.03. The topological polar surface area (TPSA) is 72.2 Å². The highest BCUT2D eigenvalue weighted by Gasteiger charge is 2.11. The molecule has 0 aliphatic carbocycles. The van der Waals surface area contributed by atoms with Crippen molar-refractivity contribution in [1.82, 2.24) is 19.6 Å². The minimum atomic E-state index is -0.124. The van der Waals surface area contributed by atoms with E-state index in [-0.39, 0.29) is 11.7 Å². The van der Waals surface area contributed by atoms with Crippen LogP contribution in [0.4, 0.5) is 5.69 Å². The maximum atomic E-state index is 12.4. The van der Waals surface area contributed by atoms with Crippen molar-refractivity contribution in [2.45, 2.75) is 14.9 Å². The molecule has 0 spiro atoms. The molecule has 1 amide bonds. The molecule has 9 heteroatoms. The first-order valence-corrected chi connectivity index (χ1v) is 10.5. The third-order valence-corrected chi connectivity index (χ3v) is 5.81. The van der Waals surface area contributed by atoms with Crippen LogP contribution in [0.5, 0.6) is 0 Å². The molecule has 1 N–H and O–H groups in total. The minimum Gasteiger partial charge on any atom is -0.324 e. The molecular formula is C19H14ClN5OS2. The lowest BCUT2D eigenvalue weighted by Crippen LogP contribution is -2.14. The number of carbonyl (C=O) groups excluding carboxylic acids is 1. The van der Waals surface area contributed by atoms with Gasteiger partial charge in [-0.1, -0.05) is 47.3 Å². The molecule has 6 nitrogen and oxygen atoms in total. The van der Waals surface area contributed by atoms with E-state index in [1.165, 1.54) is 11.8 Å². The first-order chi connectivity index (χ1) is 13.7. The number of thioether (sulfide) groups is 1. The Morgan fingerprint density at radius 2 is 1.93 bits per heavy atom. The summed E-state index contributed by atoms with van der Waals surface area (Å²) in [7, 11) is 0. The summed E-state index contributed by atoms with van der Waals surface area (Å²) in [6.45, 7) is 0. The number of carbonyl (C=O) groups is 1. The number of hydrogen-bond acceptors (Lipinski definition) is 6. The zero-order chi connectivity index (χ0) is 19.3. The van der Waals surface area contributed by atoms with Gasteiger partial charge in [0.25, 0.3) is 5.78 Å². The molecule has 28 heavy (non-hydrogen) atoms. The number of aromatic nitrogens is 4. The summed E-state index contributed by atoms with van der Waals surface area (Å²) < 4.78 is 1.58. The quantitative estimate of drug-likeness (QED) is 0.451. The Morgan fingerprint density at radius 1 is 1.11 bits per heavy atom. The normalized spacial score (nSPS) is 10.9. The van der Waals surface area contributed by atoms with E-state index < -0.39 is 0 Å². The van der Waals surface area contributed by atoms with E-state index >= 15 is 0 Å². The van der Waals surface area contributed by atoms with Crippen molar-refractivity contribution in [1.29, 1.82) is 0 Å². The van der Waals surface area contributed by atoms with Crippen LogP contribution in [0.25, 0.3) is 5.78 Å². The van der Waals surface area contributed by atoms with Gasteiger partial charge in [-0.3, -0.25) is 4.79 Å². The molecule has 0 aliphatic rings. The van der Waals surface area contributed by atoms with Gasteiger partial charge in [-0.25, -0.2) is 9.50 Å². The molecule has 2 heterocycles. The Balaban J connectivity index is 1.40. The summed E-state index contributed by atoms with van der Waals surface area (Å²) in [5.74, 6) is 0.590. The standard InChI is InChI=1S/C19H14ClN5OS2/c20-13-6-8-14(9-7-13)28-16-5-2-1-4-15(16)22-17(26)12-27-19-23-18-21-10-3-11-25(18)24-19/h1-11H,12H2,(H,22,26). The zero-order valence-electron chi connectivity index (χ0n) is 14.4. The van der Waals surface area contributed by atoms with Gasteiger partial charge < -0.3 is 5.32 Å². The van der Waals surface area contributed by atoms with Crippen LogP contribution >= 0.6 is 35.1 Å². The number of nitrogens with zero attached hydrogens (tertiary/aromatic N) is 4. The molecule has 140 valence electrons. The lowest BCUT2D eigenvalue weighted by Gasteiger charge is -2.10. The predicted octanol–water partition coefficient (Wildman–Crippen LogP) is 4.66. The van der Waals surface area contributed by atoms with Gasteiger partial charge in [0.05, 0.1) is 11.4 Å². The maximum absolute atomic E-state index is 12.4. The largest absolute Gasteiger partial charge is 0.324 e. The van der Waals surface area contributed by atoms with Gasteiger partial charge >= 0.3 is 0 Å². The Kier molecular flexibility index (Phi) is 5.80. The number of halogens is 1. The Bertz CT molecular complexity index is 1080. The number of nitrogens with one attached hydrogen (secondary N) is 1. The van der Waals surface area contributed by atoms with Crippen molar-refractivity contribution in [2.75, 3.05) is 11.1 Å². The number of para-hydroxylation sites is 1. The molecule has 2 aromatic carbocycles. The highest BCUT2D eigenvalue weighted by molar-refractivity contribution is 8.00. The lowest BCUT2D eigenvalue weighted by atomic mass is 10.3. The molecule has 0 saturated carbocycles. The summed E-state index contributed by atoms with van der Waals surface area (Å²) in [5, 5.41) is 8.45. The molecule has 2 aromatic heterocycles. The van der Waals surface area contributed by atoms with Crippen molar-refractivity contribution in [3.63, 3.8) is 0 Å². The summed E-state index contributed by atoms with van der Waals surface area (Å²) in [6, 6.07) is 17.1. The summed E-state index contributed by atoms with van der Waals surface area (Å²) in [6.07, 6.45) is 3.42. The van der Waals surface area contributed by atoms with E-state index in [0.717, 1.165) is 15.5 Å². The van der Waals surface area contributed by atoms with Gasteiger partial charge in [0.2, 0.25) is 11.1 Å². The van der Waals surface area contributed by atoms with Crippen LogP contribution in [0, 0.1) is 0 Å². The van der Waals surface area contributed by atoms with Crippen molar-refractivity contribution in [3.05, 3.63) is 72.0 Å². The molecule has 0 aliphatic heterocycles. The van der Waals surface area contributed by atoms with Crippen LogP contribution in [0.1, 0.15) is 0 Å².